The summed E-state index contributed by atoms with van der Waals surface area (Å²) in [6.45, 7) is 4.75. The fourth-order valence-corrected chi connectivity index (χ4v) is 4.65. The molecule has 4 heteroatoms. The van der Waals surface area contributed by atoms with Gasteiger partial charge in [-0.15, -0.1) is 5.10 Å². The molecular formula is C15H17N3Si. The number of fused-ring (bicyclic) bond motifs is 1. The number of hydrogen-bond donors (Lipinski definition) is 0. The van der Waals surface area contributed by atoms with Gasteiger partial charge in [-0.3, -0.25) is 0 Å². The van der Waals surface area contributed by atoms with Crippen molar-refractivity contribution in [2.75, 3.05) is 0 Å². The van der Waals surface area contributed by atoms with Crippen molar-refractivity contribution in [1.29, 1.82) is 0 Å². The Balaban J connectivity index is 1.96. The Labute approximate surface area is 113 Å². The van der Waals surface area contributed by atoms with Crippen LogP contribution in [-0.4, -0.2) is 23.1 Å². The molecule has 0 unspecified atom stereocenters. The standard InChI is InChI=1S/C15H17N3Si/c1-19(2,13-8-4-3-5-9-13)12-18-15-11-7-6-10-14(15)16-17-18/h3-11H,12H2,1-2H3. The molecule has 1 heterocycles. The minimum absolute atomic E-state index is 0.956. The van der Waals surface area contributed by atoms with E-state index in [1.165, 1.54) is 5.19 Å². The van der Waals surface area contributed by atoms with Crippen molar-refractivity contribution in [1.82, 2.24) is 15.0 Å². The molecule has 19 heavy (non-hydrogen) atoms. The highest BCUT2D eigenvalue weighted by Crippen LogP contribution is 2.13. The molecule has 0 atom stereocenters. The number of para-hydroxylation sites is 1. The molecule has 0 N–H and O–H groups in total. The Kier molecular flexibility index (Phi) is 2.95. The fourth-order valence-electron chi connectivity index (χ4n) is 2.39. The third-order valence-corrected chi connectivity index (χ3v) is 6.51. The summed E-state index contributed by atoms with van der Waals surface area (Å²) >= 11 is 0. The molecule has 3 aromatic rings. The van der Waals surface area contributed by atoms with E-state index in [0.29, 0.717) is 0 Å². The van der Waals surface area contributed by atoms with Gasteiger partial charge in [-0.1, -0.05) is 66.0 Å². The van der Waals surface area contributed by atoms with Gasteiger partial charge in [0.15, 0.2) is 0 Å². The van der Waals surface area contributed by atoms with Crippen LogP contribution in [0.3, 0.4) is 0 Å². The van der Waals surface area contributed by atoms with Crippen LogP contribution in [0.25, 0.3) is 11.0 Å². The molecule has 0 saturated heterocycles. The van der Waals surface area contributed by atoms with Crippen molar-refractivity contribution in [3.63, 3.8) is 0 Å². The lowest BCUT2D eigenvalue weighted by molar-refractivity contribution is 0.704. The first-order chi connectivity index (χ1) is 9.17. The maximum atomic E-state index is 4.31. The number of rotatable bonds is 3. The normalized spacial score (nSPS) is 11.9. The summed E-state index contributed by atoms with van der Waals surface area (Å²) in [4.78, 5) is 0. The highest BCUT2D eigenvalue weighted by Gasteiger charge is 2.25. The third kappa shape index (κ3) is 2.31. The van der Waals surface area contributed by atoms with Gasteiger partial charge >= 0.3 is 0 Å². The van der Waals surface area contributed by atoms with Crippen molar-refractivity contribution in [3.8, 4) is 0 Å². The molecule has 3 nitrogen and oxygen atoms in total. The van der Waals surface area contributed by atoms with Gasteiger partial charge in [0.25, 0.3) is 0 Å². The second kappa shape index (κ2) is 4.62. The number of hydrogen-bond acceptors (Lipinski definition) is 2. The SMILES string of the molecule is C[Si](C)(Cn1nnc2ccccc21)c1ccccc1. The van der Waals surface area contributed by atoms with Crippen LogP contribution >= 0.6 is 0 Å². The van der Waals surface area contributed by atoms with Gasteiger partial charge in [0.2, 0.25) is 0 Å². The molecule has 0 radical (unpaired) electrons. The minimum atomic E-state index is -1.54. The summed E-state index contributed by atoms with van der Waals surface area (Å²) in [6.07, 6.45) is 0.956. The highest BCUT2D eigenvalue weighted by atomic mass is 28.3. The lowest BCUT2D eigenvalue weighted by atomic mass is 10.3. The van der Waals surface area contributed by atoms with E-state index >= 15 is 0 Å². The number of aromatic nitrogens is 3. The summed E-state index contributed by atoms with van der Waals surface area (Å²) in [6, 6.07) is 18.9. The first-order valence-corrected chi connectivity index (χ1v) is 9.71. The minimum Gasteiger partial charge on any atom is -0.247 e. The Bertz CT molecular complexity index is 689. The predicted molar refractivity (Wildman–Crippen MR) is 81.1 cm³/mol. The zero-order chi connectivity index (χ0) is 13.3. The zero-order valence-corrected chi connectivity index (χ0v) is 12.2. The van der Waals surface area contributed by atoms with Crippen molar-refractivity contribution in [2.24, 2.45) is 0 Å². The van der Waals surface area contributed by atoms with Crippen LogP contribution in [0.2, 0.25) is 13.1 Å². The average Bonchev–Trinajstić information content (AvgIpc) is 2.83. The fraction of sp³-hybridized carbons (Fsp3) is 0.200. The van der Waals surface area contributed by atoms with Crippen LogP contribution in [0, 0.1) is 0 Å². The maximum Gasteiger partial charge on any atom is 0.113 e. The second-order valence-electron chi connectivity index (χ2n) is 5.49. The Morgan fingerprint density at radius 3 is 2.42 bits per heavy atom. The lowest BCUT2D eigenvalue weighted by Crippen LogP contribution is -2.46. The molecule has 0 spiro atoms. The van der Waals surface area contributed by atoms with Crippen molar-refractivity contribution in [3.05, 3.63) is 54.6 Å². The quantitative estimate of drug-likeness (QED) is 0.683. The smallest absolute Gasteiger partial charge is 0.113 e. The van der Waals surface area contributed by atoms with Crippen LogP contribution in [0.4, 0.5) is 0 Å². The number of nitrogens with zero attached hydrogens (tertiary/aromatic N) is 3. The molecule has 1 aromatic heterocycles. The molecule has 0 saturated carbocycles. The Hall–Kier alpha value is -1.94. The van der Waals surface area contributed by atoms with Crippen LogP contribution in [0.1, 0.15) is 0 Å². The van der Waals surface area contributed by atoms with Crippen molar-refractivity contribution < 1.29 is 0 Å². The monoisotopic (exact) mass is 267 g/mol. The Morgan fingerprint density at radius 1 is 0.947 bits per heavy atom. The van der Waals surface area contributed by atoms with E-state index in [-0.39, 0.29) is 0 Å². The van der Waals surface area contributed by atoms with E-state index in [0.717, 1.165) is 17.2 Å². The second-order valence-corrected chi connectivity index (χ2v) is 10.1. The zero-order valence-electron chi connectivity index (χ0n) is 11.2. The summed E-state index contributed by atoms with van der Waals surface area (Å²) < 4.78 is 2.05. The summed E-state index contributed by atoms with van der Waals surface area (Å²) in [5.74, 6) is 0. The van der Waals surface area contributed by atoms with Crippen LogP contribution in [0.5, 0.6) is 0 Å². The average molecular weight is 267 g/mol. The van der Waals surface area contributed by atoms with E-state index < -0.39 is 8.07 Å². The van der Waals surface area contributed by atoms with E-state index in [2.05, 4.69) is 64.5 Å². The van der Waals surface area contributed by atoms with E-state index in [1.54, 1.807) is 0 Å². The predicted octanol–water partition coefficient (Wildman–Crippen LogP) is 2.59. The van der Waals surface area contributed by atoms with Gasteiger partial charge in [0, 0.05) is 6.17 Å². The largest absolute Gasteiger partial charge is 0.247 e. The van der Waals surface area contributed by atoms with Gasteiger partial charge in [-0.05, 0) is 12.1 Å². The van der Waals surface area contributed by atoms with Gasteiger partial charge < -0.3 is 0 Å². The van der Waals surface area contributed by atoms with E-state index in [4.69, 9.17) is 0 Å². The van der Waals surface area contributed by atoms with Gasteiger partial charge in [-0.25, -0.2) is 4.68 Å². The molecule has 2 aromatic carbocycles. The Morgan fingerprint density at radius 2 is 1.63 bits per heavy atom. The molecule has 0 fully saturated rings. The molecule has 0 aliphatic carbocycles. The molecule has 0 aliphatic heterocycles. The van der Waals surface area contributed by atoms with Crippen molar-refractivity contribution in [2.45, 2.75) is 19.3 Å². The molecule has 0 amide bonds. The van der Waals surface area contributed by atoms with Crippen LogP contribution < -0.4 is 5.19 Å². The van der Waals surface area contributed by atoms with E-state index in [9.17, 15) is 0 Å². The van der Waals surface area contributed by atoms with E-state index in [1.807, 2.05) is 18.2 Å². The van der Waals surface area contributed by atoms with Gasteiger partial charge in [-0.2, -0.15) is 0 Å². The maximum absolute atomic E-state index is 4.31. The first kappa shape index (κ1) is 12.1. The molecular weight excluding hydrogens is 250 g/mol. The molecule has 3 rings (SSSR count). The third-order valence-electron chi connectivity index (χ3n) is 3.52. The first-order valence-electron chi connectivity index (χ1n) is 6.51. The lowest BCUT2D eigenvalue weighted by Gasteiger charge is -2.22. The topological polar surface area (TPSA) is 30.7 Å². The number of benzene rings is 2. The summed E-state index contributed by atoms with van der Waals surface area (Å²) in [5, 5.41) is 9.99. The van der Waals surface area contributed by atoms with Crippen LogP contribution in [0.15, 0.2) is 54.6 Å². The van der Waals surface area contributed by atoms with Gasteiger partial charge in [0.05, 0.1) is 5.52 Å². The molecule has 96 valence electrons. The highest BCUT2D eigenvalue weighted by molar-refractivity contribution is 6.88. The summed E-state index contributed by atoms with van der Waals surface area (Å²) in [5.41, 5.74) is 2.10. The van der Waals surface area contributed by atoms with Crippen LogP contribution in [-0.2, 0) is 6.17 Å². The molecule has 0 aliphatic rings. The molecule has 0 bridgehead atoms. The van der Waals surface area contributed by atoms with Crippen molar-refractivity contribution >= 4 is 24.3 Å². The van der Waals surface area contributed by atoms with Gasteiger partial charge in [0.1, 0.15) is 13.6 Å². The summed E-state index contributed by atoms with van der Waals surface area (Å²) in [7, 11) is -1.54.